The molecular weight excluding hydrogens is 318 g/mol. The largest absolute Gasteiger partial charge is 0.310 e. The molecule has 0 amide bonds. The lowest BCUT2D eigenvalue weighted by Crippen LogP contribution is -2.22. The zero-order valence-corrected chi connectivity index (χ0v) is 13.6. The average Bonchev–Trinajstić information content (AvgIpc) is 2.93. The maximum atomic E-state index is 3.66. The van der Waals surface area contributed by atoms with Crippen LogP contribution in [0.2, 0.25) is 0 Å². The van der Waals surface area contributed by atoms with Gasteiger partial charge in [0.05, 0.1) is 0 Å². The minimum Gasteiger partial charge on any atom is -0.310 e. The van der Waals surface area contributed by atoms with E-state index in [1.165, 1.54) is 17.5 Å². The van der Waals surface area contributed by atoms with Crippen molar-refractivity contribution in [2.24, 2.45) is 0 Å². The van der Waals surface area contributed by atoms with Crippen LogP contribution in [0.3, 0.4) is 0 Å². The van der Waals surface area contributed by atoms with Crippen LogP contribution in [0.5, 0.6) is 0 Å². The molecule has 19 heavy (non-hydrogen) atoms. The Morgan fingerprint density at radius 3 is 2.63 bits per heavy atom. The van der Waals surface area contributed by atoms with Crippen molar-refractivity contribution in [1.29, 1.82) is 0 Å². The molecule has 0 fully saturated rings. The Labute approximate surface area is 128 Å². The summed E-state index contributed by atoms with van der Waals surface area (Å²) in [5, 5.41) is 8.06. The standard InChI is InChI=1S/C16H20BrNS/c1-2-10-18-16(8-3-13-9-11-19-12-13)14-4-6-15(17)7-5-14/h4-7,9,11-12,16,18H,2-3,8,10H2,1H3. The maximum Gasteiger partial charge on any atom is 0.0323 e. The number of rotatable bonds is 7. The van der Waals surface area contributed by atoms with Gasteiger partial charge in [0.2, 0.25) is 0 Å². The second-order valence-corrected chi connectivity index (χ2v) is 6.42. The van der Waals surface area contributed by atoms with Crippen molar-refractivity contribution in [1.82, 2.24) is 5.32 Å². The predicted molar refractivity (Wildman–Crippen MR) is 87.8 cm³/mol. The molecule has 0 aliphatic carbocycles. The maximum absolute atomic E-state index is 3.66. The summed E-state index contributed by atoms with van der Waals surface area (Å²) in [4.78, 5) is 0. The Morgan fingerprint density at radius 2 is 2.00 bits per heavy atom. The molecule has 2 aromatic rings. The summed E-state index contributed by atoms with van der Waals surface area (Å²) in [6, 6.07) is 11.4. The number of hydrogen-bond acceptors (Lipinski definition) is 2. The van der Waals surface area contributed by atoms with Gasteiger partial charge in [-0.2, -0.15) is 11.3 Å². The first-order valence-electron chi connectivity index (χ1n) is 6.79. The zero-order valence-electron chi connectivity index (χ0n) is 11.2. The van der Waals surface area contributed by atoms with Crippen LogP contribution < -0.4 is 5.32 Å². The van der Waals surface area contributed by atoms with Gasteiger partial charge in [0, 0.05) is 10.5 Å². The van der Waals surface area contributed by atoms with Crippen LogP contribution in [0.1, 0.15) is 36.9 Å². The summed E-state index contributed by atoms with van der Waals surface area (Å²) >= 11 is 5.28. The average molecular weight is 338 g/mol. The van der Waals surface area contributed by atoms with Gasteiger partial charge in [-0.05, 0) is 65.9 Å². The molecule has 1 N–H and O–H groups in total. The van der Waals surface area contributed by atoms with Gasteiger partial charge in [-0.25, -0.2) is 0 Å². The molecule has 0 bridgehead atoms. The van der Waals surface area contributed by atoms with Gasteiger partial charge in [0.25, 0.3) is 0 Å². The highest BCUT2D eigenvalue weighted by molar-refractivity contribution is 9.10. The summed E-state index contributed by atoms with van der Waals surface area (Å²) in [6.45, 7) is 3.29. The number of thiophene rings is 1. The van der Waals surface area contributed by atoms with Crippen LogP contribution in [0.25, 0.3) is 0 Å². The first kappa shape index (κ1) is 14.8. The summed E-state index contributed by atoms with van der Waals surface area (Å²) in [5.74, 6) is 0. The van der Waals surface area contributed by atoms with Gasteiger partial charge in [0.15, 0.2) is 0 Å². The topological polar surface area (TPSA) is 12.0 Å². The minimum absolute atomic E-state index is 0.452. The van der Waals surface area contributed by atoms with E-state index in [-0.39, 0.29) is 0 Å². The van der Waals surface area contributed by atoms with Gasteiger partial charge in [-0.1, -0.05) is 35.0 Å². The van der Waals surface area contributed by atoms with Crippen molar-refractivity contribution in [3.05, 3.63) is 56.7 Å². The number of benzene rings is 1. The van der Waals surface area contributed by atoms with Crippen LogP contribution in [0.15, 0.2) is 45.6 Å². The molecule has 0 aliphatic rings. The van der Waals surface area contributed by atoms with Crippen LogP contribution >= 0.6 is 27.3 Å². The highest BCUT2D eigenvalue weighted by atomic mass is 79.9. The van der Waals surface area contributed by atoms with E-state index in [0.29, 0.717) is 6.04 Å². The molecule has 1 unspecified atom stereocenters. The molecule has 1 aromatic carbocycles. The second kappa shape index (κ2) is 7.83. The third-order valence-corrected chi connectivity index (χ3v) is 4.48. The smallest absolute Gasteiger partial charge is 0.0323 e. The lowest BCUT2D eigenvalue weighted by Gasteiger charge is -2.19. The normalized spacial score (nSPS) is 12.5. The number of aryl methyl sites for hydroxylation is 1. The van der Waals surface area contributed by atoms with Gasteiger partial charge >= 0.3 is 0 Å². The Balaban J connectivity index is 2.00. The molecule has 1 heterocycles. The fourth-order valence-corrected chi connectivity index (χ4v) is 3.11. The molecule has 2 rings (SSSR count). The van der Waals surface area contributed by atoms with E-state index in [1.54, 1.807) is 11.3 Å². The lowest BCUT2D eigenvalue weighted by molar-refractivity contribution is 0.499. The second-order valence-electron chi connectivity index (χ2n) is 4.73. The lowest BCUT2D eigenvalue weighted by atomic mass is 10.00. The van der Waals surface area contributed by atoms with Crippen LogP contribution in [0.4, 0.5) is 0 Å². The SMILES string of the molecule is CCCNC(CCc1ccsc1)c1ccc(Br)cc1. The van der Waals surface area contributed by atoms with Gasteiger partial charge in [-0.3, -0.25) is 0 Å². The number of hydrogen-bond donors (Lipinski definition) is 1. The molecule has 3 heteroatoms. The van der Waals surface area contributed by atoms with Crippen LogP contribution in [-0.4, -0.2) is 6.54 Å². The van der Waals surface area contributed by atoms with Crippen molar-refractivity contribution in [3.8, 4) is 0 Å². The Hall–Kier alpha value is -0.640. The molecule has 102 valence electrons. The molecule has 0 saturated carbocycles. The Bertz CT molecular complexity index is 464. The molecule has 1 atom stereocenters. The third-order valence-electron chi connectivity index (χ3n) is 3.21. The summed E-state index contributed by atoms with van der Waals surface area (Å²) in [5.41, 5.74) is 2.83. The first-order chi connectivity index (χ1) is 9.29. The van der Waals surface area contributed by atoms with Crippen molar-refractivity contribution in [2.45, 2.75) is 32.2 Å². The van der Waals surface area contributed by atoms with E-state index >= 15 is 0 Å². The van der Waals surface area contributed by atoms with Crippen molar-refractivity contribution >= 4 is 27.3 Å². The van der Waals surface area contributed by atoms with E-state index in [2.05, 4.69) is 69.3 Å². The molecule has 0 aliphatic heterocycles. The fourth-order valence-electron chi connectivity index (χ4n) is 2.15. The quantitative estimate of drug-likeness (QED) is 0.733. The monoisotopic (exact) mass is 337 g/mol. The van der Waals surface area contributed by atoms with Crippen molar-refractivity contribution < 1.29 is 0 Å². The molecule has 0 spiro atoms. The van der Waals surface area contributed by atoms with E-state index in [0.717, 1.165) is 23.9 Å². The highest BCUT2D eigenvalue weighted by Gasteiger charge is 2.10. The summed E-state index contributed by atoms with van der Waals surface area (Å²) < 4.78 is 1.14. The minimum atomic E-state index is 0.452. The van der Waals surface area contributed by atoms with Gasteiger partial charge in [-0.15, -0.1) is 0 Å². The Kier molecular flexibility index (Phi) is 6.08. The fraction of sp³-hybridized carbons (Fsp3) is 0.375. The van der Waals surface area contributed by atoms with Crippen molar-refractivity contribution in [2.75, 3.05) is 6.54 Å². The first-order valence-corrected chi connectivity index (χ1v) is 8.53. The Morgan fingerprint density at radius 1 is 1.21 bits per heavy atom. The van der Waals surface area contributed by atoms with Crippen LogP contribution in [-0.2, 0) is 6.42 Å². The van der Waals surface area contributed by atoms with Crippen molar-refractivity contribution in [3.63, 3.8) is 0 Å². The molecule has 0 radical (unpaired) electrons. The number of halogens is 1. The number of nitrogens with one attached hydrogen (secondary N) is 1. The van der Waals surface area contributed by atoms with Gasteiger partial charge < -0.3 is 5.32 Å². The summed E-state index contributed by atoms with van der Waals surface area (Å²) in [6.07, 6.45) is 3.46. The molecule has 1 nitrogen and oxygen atoms in total. The summed E-state index contributed by atoms with van der Waals surface area (Å²) in [7, 11) is 0. The predicted octanol–water partition coefficient (Wildman–Crippen LogP) is 5.18. The third kappa shape index (κ3) is 4.75. The van der Waals surface area contributed by atoms with E-state index in [1.807, 2.05) is 0 Å². The highest BCUT2D eigenvalue weighted by Crippen LogP contribution is 2.22. The van der Waals surface area contributed by atoms with E-state index in [9.17, 15) is 0 Å². The van der Waals surface area contributed by atoms with Crippen LogP contribution in [0, 0.1) is 0 Å². The molecular formula is C16H20BrNS. The molecule has 1 aromatic heterocycles. The zero-order chi connectivity index (χ0) is 13.5. The van der Waals surface area contributed by atoms with Gasteiger partial charge in [0.1, 0.15) is 0 Å². The van der Waals surface area contributed by atoms with E-state index < -0.39 is 0 Å². The van der Waals surface area contributed by atoms with E-state index in [4.69, 9.17) is 0 Å². The molecule has 0 saturated heterocycles.